The first-order valence-electron chi connectivity index (χ1n) is 3.39. The number of methoxy groups -OCH3 is 1. The van der Waals surface area contributed by atoms with Crippen molar-refractivity contribution >= 4 is 29.1 Å². The summed E-state index contributed by atoms with van der Waals surface area (Å²) in [5.74, 6) is -0.236. The van der Waals surface area contributed by atoms with Crippen LogP contribution in [0.4, 0.5) is 0 Å². The van der Waals surface area contributed by atoms with Crippen LogP contribution in [0, 0.1) is 0 Å². The maximum absolute atomic E-state index is 10.8. The number of rotatable bonds is 2. The van der Waals surface area contributed by atoms with Crippen LogP contribution in [0.2, 0.25) is 10.0 Å². The molecule has 0 bridgehead atoms. The van der Waals surface area contributed by atoms with Crippen molar-refractivity contribution < 1.29 is 9.53 Å². The van der Waals surface area contributed by atoms with Gasteiger partial charge in [0.1, 0.15) is 0 Å². The molecule has 2 N–H and O–H groups in total. The van der Waals surface area contributed by atoms with Gasteiger partial charge in [0, 0.05) is 5.56 Å². The molecule has 13 heavy (non-hydrogen) atoms. The van der Waals surface area contributed by atoms with Gasteiger partial charge < -0.3 is 10.5 Å². The second kappa shape index (κ2) is 3.85. The monoisotopic (exact) mass is 219 g/mol. The lowest BCUT2D eigenvalue weighted by atomic mass is 10.2. The minimum Gasteiger partial charge on any atom is -0.494 e. The molecule has 0 heterocycles. The molecule has 1 rings (SSSR count). The Bertz CT molecular complexity index is 329. The maximum Gasteiger partial charge on any atom is 0.248 e. The number of benzene rings is 1. The number of hydrogen-bond donors (Lipinski definition) is 1. The summed E-state index contributed by atoms with van der Waals surface area (Å²) in [5.41, 5.74) is 5.31. The topological polar surface area (TPSA) is 52.3 Å². The fourth-order valence-corrected chi connectivity index (χ4v) is 1.54. The molecule has 0 saturated heterocycles. The highest BCUT2D eigenvalue weighted by molar-refractivity contribution is 6.37. The van der Waals surface area contributed by atoms with Crippen molar-refractivity contribution in [1.82, 2.24) is 0 Å². The van der Waals surface area contributed by atoms with Gasteiger partial charge in [-0.25, -0.2) is 0 Å². The number of carbonyl (C=O) groups excluding carboxylic acids is 1. The minimum absolute atomic E-state index is 0.260. The molecule has 1 aromatic rings. The summed E-state index contributed by atoms with van der Waals surface area (Å²) in [4.78, 5) is 10.8. The van der Waals surface area contributed by atoms with E-state index >= 15 is 0 Å². The SMILES string of the molecule is COc1c(Cl)cc(C(N)=O)cc1Cl. The number of ether oxygens (including phenoxy) is 1. The highest BCUT2D eigenvalue weighted by atomic mass is 35.5. The van der Waals surface area contributed by atoms with E-state index in [-0.39, 0.29) is 15.6 Å². The van der Waals surface area contributed by atoms with Crippen LogP contribution in [0.5, 0.6) is 5.75 Å². The van der Waals surface area contributed by atoms with E-state index in [1.54, 1.807) is 0 Å². The number of nitrogens with two attached hydrogens (primary N) is 1. The van der Waals surface area contributed by atoms with Gasteiger partial charge in [0.15, 0.2) is 5.75 Å². The summed E-state index contributed by atoms with van der Waals surface area (Å²) in [6.45, 7) is 0. The number of halogens is 2. The van der Waals surface area contributed by atoms with Crippen LogP contribution >= 0.6 is 23.2 Å². The summed E-state index contributed by atoms with van der Waals surface area (Å²) in [5, 5.41) is 0.535. The summed E-state index contributed by atoms with van der Waals surface area (Å²) >= 11 is 11.5. The fraction of sp³-hybridized carbons (Fsp3) is 0.125. The second-order valence-corrected chi connectivity index (χ2v) is 3.15. The zero-order chi connectivity index (χ0) is 10.0. The molecule has 0 aliphatic rings. The molecule has 0 saturated carbocycles. The Kier molecular flexibility index (Phi) is 3.01. The number of amides is 1. The zero-order valence-corrected chi connectivity index (χ0v) is 8.32. The van der Waals surface area contributed by atoms with E-state index in [0.717, 1.165) is 0 Å². The van der Waals surface area contributed by atoms with E-state index in [0.29, 0.717) is 5.75 Å². The van der Waals surface area contributed by atoms with Gasteiger partial charge in [-0.1, -0.05) is 23.2 Å². The predicted octanol–water partition coefficient (Wildman–Crippen LogP) is 2.10. The van der Waals surface area contributed by atoms with Crippen LogP contribution in [-0.2, 0) is 0 Å². The molecule has 0 fully saturated rings. The summed E-state index contributed by atoms with van der Waals surface area (Å²) in [6, 6.07) is 2.82. The van der Waals surface area contributed by atoms with E-state index in [1.807, 2.05) is 0 Å². The molecule has 1 aromatic carbocycles. The molecule has 0 radical (unpaired) electrons. The van der Waals surface area contributed by atoms with Gasteiger partial charge in [-0.2, -0.15) is 0 Å². The average Bonchev–Trinajstić information content (AvgIpc) is 2.03. The Balaban J connectivity index is 3.28. The Labute approximate surface area is 85.4 Å². The van der Waals surface area contributed by atoms with Gasteiger partial charge in [0.25, 0.3) is 0 Å². The van der Waals surface area contributed by atoms with Crippen molar-refractivity contribution in [1.29, 1.82) is 0 Å². The van der Waals surface area contributed by atoms with E-state index < -0.39 is 5.91 Å². The third-order valence-electron chi connectivity index (χ3n) is 1.49. The van der Waals surface area contributed by atoms with Gasteiger partial charge in [0.05, 0.1) is 17.2 Å². The van der Waals surface area contributed by atoms with Crippen molar-refractivity contribution in [3.05, 3.63) is 27.7 Å². The molecular formula is C8H7Cl2NO2. The highest BCUT2D eigenvalue weighted by Crippen LogP contribution is 2.33. The van der Waals surface area contributed by atoms with Crippen LogP contribution in [0.15, 0.2) is 12.1 Å². The Morgan fingerprint density at radius 2 is 1.85 bits per heavy atom. The maximum atomic E-state index is 10.8. The molecule has 0 aliphatic carbocycles. The number of carbonyl (C=O) groups is 1. The molecule has 3 nitrogen and oxygen atoms in total. The standard InChI is InChI=1S/C8H7Cl2NO2/c1-13-7-5(9)2-4(8(11)12)3-6(7)10/h2-3H,1H3,(H2,11,12). The van der Waals surface area contributed by atoms with Crippen LogP contribution in [0.3, 0.4) is 0 Å². The van der Waals surface area contributed by atoms with Crippen molar-refractivity contribution in [2.45, 2.75) is 0 Å². The van der Waals surface area contributed by atoms with Gasteiger partial charge in [-0.3, -0.25) is 4.79 Å². The lowest BCUT2D eigenvalue weighted by Crippen LogP contribution is -2.10. The van der Waals surface area contributed by atoms with Gasteiger partial charge in [0.2, 0.25) is 5.91 Å². The minimum atomic E-state index is -0.577. The third-order valence-corrected chi connectivity index (χ3v) is 2.05. The number of hydrogen-bond acceptors (Lipinski definition) is 2. The largest absolute Gasteiger partial charge is 0.494 e. The Hall–Kier alpha value is -0.930. The molecule has 0 aromatic heterocycles. The Morgan fingerprint density at radius 1 is 1.38 bits per heavy atom. The van der Waals surface area contributed by atoms with E-state index in [9.17, 15) is 4.79 Å². The Morgan fingerprint density at radius 3 is 2.15 bits per heavy atom. The molecule has 5 heteroatoms. The first kappa shape index (κ1) is 10.2. The van der Waals surface area contributed by atoms with E-state index in [4.69, 9.17) is 33.7 Å². The predicted molar refractivity (Wildman–Crippen MR) is 51.5 cm³/mol. The second-order valence-electron chi connectivity index (χ2n) is 2.34. The quantitative estimate of drug-likeness (QED) is 0.829. The average molecular weight is 220 g/mol. The summed E-state index contributed by atoms with van der Waals surface area (Å²) in [6.07, 6.45) is 0. The van der Waals surface area contributed by atoms with Crippen LogP contribution in [-0.4, -0.2) is 13.0 Å². The van der Waals surface area contributed by atoms with E-state index in [1.165, 1.54) is 19.2 Å². The van der Waals surface area contributed by atoms with Crippen molar-refractivity contribution in [2.75, 3.05) is 7.11 Å². The van der Waals surface area contributed by atoms with Gasteiger partial charge in [-0.05, 0) is 12.1 Å². The molecule has 1 amide bonds. The van der Waals surface area contributed by atoms with Crippen LogP contribution < -0.4 is 10.5 Å². The van der Waals surface area contributed by atoms with Gasteiger partial charge in [-0.15, -0.1) is 0 Å². The third kappa shape index (κ3) is 2.05. The summed E-state index contributed by atoms with van der Waals surface area (Å²) in [7, 11) is 1.44. The lowest BCUT2D eigenvalue weighted by molar-refractivity contribution is 0.100. The molecule has 0 atom stereocenters. The van der Waals surface area contributed by atoms with Gasteiger partial charge >= 0.3 is 0 Å². The van der Waals surface area contributed by atoms with Crippen LogP contribution in [0.1, 0.15) is 10.4 Å². The fourth-order valence-electron chi connectivity index (χ4n) is 0.897. The zero-order valence-electron chi connectivity index (χ0n) is 6.80. The first-order chi connectivity index (χ1) is 6.06. The molecular weight excluding hydrogens is 213 g/mol. The lowest BCUT2D eigenvalue weighted by Gasteiger charge is -2.06. The van der Waals surface area contributed by atoms with Crippen molar-refractivity contribution in [2.24, 2.45) is 5.73 Å². The van der Waals surface area contributed by atoms with Crippen molar-refractivity contribution in [3.63, 3.8) is 0 Å². The van der Waals surface area contributed by atoms with E-state index in [2.05, 4.69) is 0 Å². The van der Waals surface area contributed by atoms with Crippen molar-refractivity contribution in [3.8, 4) is 5.75 Å². The molecule has 0 aliphatic heterocycles. The molecule has 0 spiro atoms. The molecule has 70 valence electrons. The summed E-state index contributed by atoms with van der Waals surface area (Å²) < 4.78 is 4.89. The highest BCUT2D eigenvalue weighted by Gasteiger charge is 2.10. The first-order valence-corrected chi connectivity index (χ1v) is 4.14. The molecule has 0 unspecified atom stereocenters. The van der Waals surface area contributed by atoms with Crippen LogP contribution in [0.25, 0.3) is 0 Å². The normalized spacial score (nSPS) is 9.77. The number of primary amides is 1. The smallest absolute Gasteiger partial charge is 0.248 e.